The first-order chi connectivity index (χ1) is 8.06. The molecule has 0 saturated heterocycles. The van der Waals surface area contributed by atoms with Gasteiger partial charge in [0.05, 0.1) is 10.0 Å². The van der Waals surface area contributed by atoms with Gasteiger partial charge in [-0.3, -0.25) is 0 Å². The monoisotopic (exact) mass is 272 g/mol. The van der Waals surface area contributed by atoms with E-state index >= 15 is 0 Å². The maximum Gasteiger partial charge on any atom is 0.256 e. The van der Waals surface area contributed by atoms with Crippen LogP contribution < -0.4 is 10.5 Å². The summed E-state index contributed by atoms with van der Waals surface area (Å²) in [5.74, 6) is -0.582. The van der Waals surface area contributed by atoms with Crippen molar-refractivity contribution in [2.45, 2.75) is 0 Å². The van der Waals surface area contributed by atoms with Gasteiger partial charge in [0.15, 0.2) is 5.82 Å². The number of aromatic nitrogens is 1. The second kappa shape index (κ2) is 4.77. The Hall–Kier alpha value is -1.52. The Bertz CT molecular complexity index is 514. The minimum absolute atomic E-state index is 0.193. The molecule has 0 atom stereocenters. The molecule has 2 N–H and O–H groups in total. The van der Waals surface area contributed by atoms with Crippen molar-refractivity contribution >= 4 is 28.9 Å². The van der Waals surface area contributed by atoms with Gasteiger partial charge in [-0.1, -0.05) is 23.2 Å². The van der Waals surface area contributed by atoms with Gasteiger partial charge in [0.25, 0.3) is 5.88 Å². The fourth-order valence-electron chi connectivity index (χ4n) is 1.18. The van der Waals surface area contributed by atoms with Crippen molar-refractivity contribution < 1.29 is 9.13 Å². The molecule has 0 saturated carbocycles. The summed E-state index contributed by atoms with van der Waals surface area (Å²) in [4.78, 5) is 3.72. The molecule has 88 valence electrons. The van der Waals surface area contributed by atoms with E-state index in [0.717, 1.165) is 6.07 Å². The predicted molar refractivity (Wildman–Crippen MR) is 65.1 cm³/mol. The number of nitrogen functional groups attached to an aromatic ring is 1. The van der Waals surface area contributed by atoms with E-state index in [9.17, 15) is 4.39 Å². The number of benzene rings is 1. The van der Waals surface area contributed by atoms with Gasteiger partial charge in [0.1, 0.15) is 5.75 Å². The highest BCUT2D eigenvalue weighted by Gasteiger charge is 2.09. The Morgan fingerprint density at radius 2 is 2.00 bits per heavy atom. The van der Waals surface area contributed by atoms with Gasteiger partial charge in [0.2, 0.25) is 0 Å². The third kappa shape index (κ3) is 2.78. The molecule has 0 aliphatic rings. The van der Waals surface area contributed by atoms with Crippen LogP contribution in [-0.2, 0) is 0 Å². The van der Waals surface area contributed by atoms with Crippen molar-refractivity contribution in [2.75, 3.05) is 5.73 Å². The largest absolute Gasteiger partial charge is 0.435 e. The van der Waals surface area contributed by atoms with E-state index in [0.29, 0.717) is 5.69 Å². The third-order valence-electron chi connectivity index (χ3n) is 1.94. The van der Waals surface area contributed by atoms with Crippen LogP contribution in [0.1, 0.15) is 0 Å². The summed E-state index contributed by atoms with van der Waals surface area (Å²) in [6.07, 6.45) is 1.28. The topological polar surface area (TPSA) is 48.1 Å². The smallest absolute Gasteiger partial charge is 0.256 e. The zero-order chi connectivity index (χ0) is 12.4. The van der Waals surface area contributed by atoms with Crippen molar-refractivity contribution in [3.8, 4) is 11.6 Å². The van der Waals surface area contributed by atoms with Crippen LogP contribution in [-0.4, -0.2) is 4.98 Å². The van der Waals surface area contributed by atoms with Gasteiger partial charge in [0, 0.05) is 11.9 Å². The minimum Gasteiger partial charge on any atom is -0.435 e. The van der Waals surface area contributed by atoms with Crippen molar-refractivity contribution in [2.24, 2.45) is 0 Å². The lowest BCUT2D eigenvalue weighted by Gasteiger charge is -2.07. The predicted octanol–water partition coefficient (Wildman–Crippen LogP) is 3.90. The molecule has 6 heteroatoms. The molecule has 1 heterocycles. The van der Waals surface area contributed by atoms with Crippen LogP contribution in [0.4, 0.5) is 10.1 Å². The summed E-state index contributed by atoms with van der Waals surface area (Å²) in [6, 6.07) is 5.74. The summed E-state index contributed by atoms with van der Waals surface area (Å²) in [5.41, 5.74) is 6.02. The van der Waals surface area contributed by atoms with Crippen LogP contribution >= 0.6 is 23.2 Å². The number of nitrogens with zero attached hydrogens (tertiary/aromatic N) is 1. The number of ether oxygens (including phenoxy) is 1. The average Bonchev–Trinajstić information content (AvgIpc) is 2.25. The normalized spacial score (nSPS) is 10.3. The van der Waals surface area contributed by atoms with Crippen LogP contribution in [0.5, 0.6) is 11.6 Å². The molecular weight excluding hydrogens is 266 g/mol. The molecule has 2 aromatic rings. The molecule has 0 spiro atoms. The number of anilines is 1. The van der Waals surface area contributed by atoms with E-state index < -0.39 is 5.82 Å². The van der Waals surface area contributed by atoms with Crippen LogP contribution in [0.15, 0.2) is 30.5 Å². The lowest BCUT2D eigenvalue weighted by molar-refractivity contribution is 0.423. The van der Waals surface area contributed by atoms with Gasteiger partial charge < -0.3 is 10.5 Å². The summed E-state index contributed by atoms with van der Waals surface area (Å²) in [5, 5.41) is 0.472. The Morgan fingerprint density at radius 1 is 1.24 bits per heavy atom. The van der Waals surface area contributed by atoms with Gasteiger partial charge in [-0.05, 0) is 24.3 Å². The second-order valence-corrected chi connectivity index (χ2v) is 4.08. The molecule has 17 heavy (non-hydrogen) atoms. The SMILES string of the molecule is Nc1ccc(Oc2ncc(Cl)cc2F)c(Cl)c1. The van der Waals surface area contributed by atoms with E-state index in [4.69, 9.17) is 33.7 Å². The number of halogens is 3. The van der Waals surface area contributed by atoms with E-state index in [2.05, 4.69) is 4.98 Å². The Balaban J connectivity index is 2.31. The Labute approximate surface area is 107 Å². The molecule has 2 rings (SSSR count). The molecule has 0 radical (unpaired) electrons. The zero-order valence-corrected chi connectivity index (χ0v) is 9.97. The number of hydrogen-bond donors (Lipinski definition) is 1. The maximum absolute atomic E-state index is 13.4. The molecule has 0 bridgehead atoms. The maximum atomic E-state index is 13.4. The lowest BCUT2D eigenvalue weighted by atomic mass is 10.3. The first-order valence-corrected chi connectivity index (χ1v) is 5.36. The lowest BCUT2D eigenvalue weighted by Crippen LogP contribution is -1.93. The number of rotatable bonds is 2. The number of pyridine rings is 1. The molecule has 3 nitrogen and oxygen atoms in total. The van der Waals surface area contributed by atoms with Crippen LogP contribution in [0.25, 0.3) is 0 Å². The van der Waals surface area contributed by atoms with E-state index in [-0.39, 0.29) is 21.7 Å². The second-order valence-electron chi connectivity index (χ2n) is 3.23. The molecule has 0 amide bonds. The Morgan fingerprint density at radius 3 is 2.65 bits per heavy atom. The molecular formula is C11H7Cl2FN2O. The molecule has 1 aromatic carbocycles. The molecule has 0 unspecified atom stereocenters. The highest BCUT2D eigenvalue weighted by Crippen LogP contribution is 2.31. The highest BCUT2D eigenvalue weighted by atomic mass is 35.5. The quantitative estimate of drug-likeness (QED) is 0.844. The van der Waals surface area contributed by atoms with Crippen molar-refractivity contribution in [1.29, 1.82) is 0 Å². The summed E-state index contributed by atoms with van der Waals surface area (Å²) < 4.78 is 18.6. The van der Waals surface area contributed by atoms with E-state index in [1.165, 1.54) is 18.3 Å². The molecule has 0 fully saturated rings. The molecule has 0 aliphatic heterocycles. The third-order valence-corrected chi connectivity index (χ3v) is 2.44. The fourth-order valence-corrected chi connectivity index (χ4v) is 1.55. The summed E-state index contributed by atoms with van der Waals surface area (Å²) in [7, 11) is 0. The van der Waals surface area contributed by atoms with Crippen molar-refractivity contribution in [1.82, 2.24) is 4.98 Å². The van der Waals surface area contributed by atoms with E-state index in [1.54, 1.807) is 6.07 Å². The summed E-state index contributed by atoms with van der Waals surface area (Å²) >= 11 is 11.5. The number of nitrogens with two attached hydrogens (primary N) is 1. The van der Waals surface area contributed by atoms with Crippen molar-refractivity contribution in [3.05, 3.63) is 46.3 Å². The minimum atomic E-state index is -0.662. The van der Waals surface area contributed by atoms with Crippen molar-refractivity contribution in [3.63, 3.8) is 0 Å². The van der Waals surface area contributed by atoms with E-state index in [1.807, 2.05) is 0 Å². The van der Waals surface area contributed by atoms with Crippen LogP contribution in [0.2, 0.25) is 10.0 Å². The average molecular weight is 273 g/mol. The highest BCUT2D eigenvalue weighted by molar-refractivity contribution is 6.32. The molecule has 1 aromatic heterocycles. The molecule has 0 aliphatic carbocycles. The first-order valence-electron chi connectivity index (χ1n) is 4.60. The van der Waals surface area contributed by atoms with Gasteiger partial charge in [-0.15, -0.1) is 0 Å². The fraction of sp³-hybridized carbons (Fsp3) is 0. The Kier molecular flexibility index (Phi) is 3.36. The van der Waals surface area contributed by atoms with Gasteiger partial charge >= 0.3 is 0 Å². The first kappa shape index (κ1) is 12.0. The summed E-state index contributed by atoms with van der Waals surface area (Å²) in [6.45, 7) is 0. The zero-order valence-electron chi connectivity index (χ0n) is 8.45. The van der Waals surface area contributed by atoms with Gasteiger partial charge in [-0.25, -0.2) is 9.37 Å². The van der Waals surface area contributed by atoms with Crippen LogP contribution in [0.3, 0.4) is 0 Å². The van der Waals surface area contributed by atoms with Crippen LogP contribution in [0, 0.1) is 5.82 Å². The van der Waals surface area contributed by atoms with Gasteiger partial charge in [-0.2, -0.15) is 0 Å². The number of hydrogen-bond acceptors (Lipinski definition) is 3. The standard InChI is InChI=1S/C11H7Cl2FN2O/c12-6-3-9(14)11(16-5-6)17-10-2-1-7(15)4-8(10)13/h1-5H,15H2.